The molecule has 0 N–H and O–H groups in total. The zero-order chi connectivity index (χ0) is 12.8. The first-order chi connectivity index (χ1) is 8.10. The predicted molar refractivity (Wildman–Crippen MR) is 70.2 cm³/mol. The lowest BCUT2D eigenvalue weighted by molar-refractivity contribution is 0.0758. The van der Waals surface area contributed by atoms with Crippen LogP contribution in [0.3, 0.4) is 0 Å². The summed E-state index contributed by atoms with van der Waals surface area (Å²) in [5, 5.41) is 0. The molecule has 0 aliphatic carbocycles. The molecule has 1 heterocycles. The van der Waals surface area contributed by atoms with E-state index in [1.807, 2.05) is 24.0 Å². The Morgan fingerprint density at radius 1 is 1.35 bits per heavy atom. The fraction of sp³-hybridized carbons (Fsp3) is 0.571. The van der Waals surface area contributed by atoms with Crippen LogP contribution in [0.15, 0.2) is 18.2 Å². The molecule has 0 saturated carbocycles. The Morgan fingerprint density at radius 2 is 2.06 bits per heavy atom. The fourth-order valence-electron chi connectivity index (χ4n) is 1.73. The molecule has 1 amide bonds. The Labute approximate surface area is 104 Å². The van der Waals surface area contributed by atoms with E-state index in [0.717, 1.165) is 25.2 Å². The van der Waals surface area contributed by atoms with E-state index in [1.54, 1.807) is 6.07 Å². The lowest BCUT2D eigenvalue weighted by Crippen LogP contribution is -2.32. The van der Waals surface area contributed by atoms with Crippen LogP contribution in [0.25, 0.3) is 0 Å². The second-order valence-corrected chi connectivity index (χ2v) is 4.49. The van der Waals surface area contributed by atoms with Gasteiger partial charge in [0, 0.05) is 18.8 Å². The van der Waals surface area contributed by atoms with Crippen LogP contribution in [-0.4, -0.2) is 28.9 Å². The van der Waals surface area contributed by atoms with Crippen molar-refractivity contribution in [1.82, 2.24) is 9.88 Å². The third-order valence-electron chi connectivity index (χ3n) is 2.74. The van der Waals surface area contributed by atoms with Crippen molar-refractivity contribution in [2.24, 2.45) is 0 Å². The van der Waals surface area contributed by atoms with E-state index in [0.29, 0.717) is 11.6 Å². The minimum absolute atomic E-state index is 0.0388. The summed E-state index contributed by atoms with van der Waals surface area (Å²) in [7, 11) is 0. The highest BCUT2D eigenvalue weighted by Gasteiger charge is 2.15. The maximum absolute atomic E-state index is 12.2. The number of nitrogens with zero attached hydrogens (tertiary/aromatic N) is 2. The zero-order valence-corrected chi connectivity index (χ0v) is 11.2. The van der Waals surface area contributed by atoms with Crippen molar-refractivity contribution in [3.8, 4) is 0 Å². The second kappa shape index (κ2) is 6.38. The topological polar surface area (TPSA) is 33.2 Å². The van der Waals surface area contributed by atoms with E-state index in [9.17, 15) is 4.79 Å². The van der Waals surface area contributed by atoms with Crippen molar-refractivity contribution in [2.45, 2.75) is 40.0 Å². The summed E-state index contributed by atoms with van der Waals surface area (Å²) in [6, 6.07) is 5.68. The molecule has 0 atom stereocenters. The van der Waals surface area contributed by atoms with Crippen LogP contribution in [0.1, 0.15) is 56.2 Å². The molecule has 0 bridgehead atoms. The van der Waals surface area contributed by atoms with Crippen LogP contribution >= 0.6 is 0 Å². The van der Waals surface area contributed by atoms with Gasteiger partial charge in [-0.1, -0.05) is 26.8 Å². The maximum Gasteiger partial charge on any atom is 0.272 e. The average Bonchev–Trinajstić information content (AvgIpc) is 2.35. The minimum Gasteiger partial charge on any atom is -0.338 e. The molecule has 94 valence electrons. The van der Waals surface area contributed by atoms with Gasteiger partial charge >= 0.3 is 0 Å². The number of carbonyl (C=O) groups excluding carboxylic acids is 1. The van der Waals surface area contributed by atoms with Crippen LogP contribution in [0.4, 0.5) is 0 Å². The SMILES string of the molecule is CCCN(CC)C(=O)c1cccc(C(C)C)n1. The molecule has 0 fully saturated rings. The van der Waals surface area contributed by atoms with E-state index in [4.69, 9.17) is 0 Å². The van der Waals surface area contributed by atoms with Crippen LogP contribution < -0.4 is 0 Å². The van der Waals surface area contributed by atoms with E-state index in [-0.39, 0.29) is 5.91 Å². The van der Waals surface area contributed by atoms with Gasteiger partial charge in [-0.05, 0) is 31.4 Å². The van der Waals surface area contributed by atoms with E-state index in [2.05, 4.69) is 25.8 Å². The number of rotatable bonds is 5. The molecule has 0 saturated heterocycles. The van der Waals surface area contributed by atoms with Crippen molar-refractivity contribution >= 4 is 5.91 Å². The Hall–Kier alpha value is -1.38. The molecule has 0 aliphatic heterocycles. The molecular formula is C14H22N2O. The standard InChI is InChI=1S/C14H22N2O/c1-5-10-16(6-2)14(17)13-9-7-8-12(15-13)11(3)4/h7-9,11H,5-6,10H2,1-4H3. The van der Waals surface area contributed by atoms with Crippen molar-refractivity contribution in [1.29, 1.82) is 0 Å². The number of pyridine rings is 1. The van der Waals surface area contributed by atoms with Gasteiger partial charge in [0.25, 0.3) is 5.91 Å². The van der Waals surface area contributed by atoms with Crippen LogP contribution in [0.5, 0.6) is 0 Å². The van der Waals surface area contributed by atoms with Gasteiger partial charge in [0.15, 0.2) is 0 Å². The monoisotopic (exact) mass is 234 g/mol. The minimum atomic E-state index is 0.0388. The summed E-state index contributed by atoms with van der Waals surface area (Å²) in [5.41, 5.74) is 1.54. The Morgan fingerprint density at radius 3 is 2.59 bits per heavy atom. The van der Waals surface area contributed by atoms with Gasteiger partial charge in [-0.25, -0.2) is 4.98 Å². The van der Waals surface area contributed by atoms with E-state index < -0.39 is 0 Å². The summed E-state index contributed by atoms with van der Waals surface area (Å²) >= 11 is 0. The van der Waals surface area contributed by atoms with Gasteiger partial charge in [0.05, 0.1) is 0 Å². The first kappa shape index (κ1) is 13.7. The summed E-state index contributed by atoms with van der Waals surface area (Å²) < 4.78 is 0. The molecule has 0 aromatic carbocycles. The van der Waals surface area contributed by atoms with Crippen LogP contribution in [0, 0.1) is 0 Å². The number of amides is 1. The van der Waals surface area contributed by atoms with Crippen LogP contribution in [0.2, 0.25) is 0 Å². The largest absolute Gasteiger partial charge is 0.338 e. The van der Waals surface area contributed by atoms with Crippen LogP contribution in [-0.2, 0) is 0 Å². The smallest absolute Gasteiger partial charge is 0.272 e. The van der Waals surface area contributed by atoms with E-state index >= 15 is 0 Å². The first-order valence-electron chi connectivity index (χ1n) is 6.36. The van der Waals surface area contributed by atoms with Gasteiger partial charge in [-0.2, -0.15) is 0 Å². The third kappa shape index (κ3) is 3.55. The summed E-state index contributed by atoms with van der Waals surface area (Å²) in [4.78, 5) is 18.5. The van der Waals surface area contributed by atoms with Gasteiger partial charge in [0.1, 0.15) is 5.69 Å². The molecule has 0 aliphatic rings. The molecule has 17 heavy (non-hydrogen) atoms. The van der Waals surface area contributed by atoms with Gasteiger partial charge in [-0.15, -0.1) is 0 Å². The number of hydrogen-bond acceptors (Lipinski definition) is 2. The second-order valence-electron chi connectivity index (χ2n) is 4.49. The van der Waals surface area contributed by atoms with E-state index in [1.165, 1.54) is 0 Å². The Bertz CT molecular complexity index is 374. The van der Waals surface area contributed by atoms with Gasteiger partial charge < -0.3 is 4.90 Å². The molecule has 3 heteroatoms. The highest BCUT2D eigenvalue weighted by Crippen LogP contribution is 2.12. The van der Waals surface area contributed by atoms with Gasteiger partial charge in [0.2, 0.25) is 0 Å². The van der Waals surface area contributed by atoms with Crippen molar-refractivity contribution in [3.05, 3.63) is 29.6 Å². The lowest BCUT2D eigenvalue weighted by atomic mass is 10.1. The number of carbonyl (C=O) groups is 1. The molecule has 1 aromatic heterocycles. The summed E-state index contributed by atoms with van der Waals surface area (Å²) in [5.74, 6) is 0.390. The molecule has 0 unspecified atom stereocenters. The fourth-order valence-corrected chi connectivity index (χ4v) is 1.73. The van der Waals surface area contributed by atoms with Gasteiger partial charge in [-0.3, -0.25) is 4.79 Å². The molecule has 3 nitrogen and oxygen atoms in total. The zero-order valence-electron chi connectivity index (χ0n) is 11.2. The quantitative estimate of drug-likeness (QED) is 0.784. The summed E-state index contributed by atoms with van der Waals surface area (Å²) in [6.07, 6.45) is 0.976. The molecule has 1 rings (SSSR count). The van der Waals surface area contributed by atoms with Crippen molar-refractivity contribution in [2.75, 3.05) is 13.1 Å². The molecule has 1 aromatic rings. The molecular weight excluding hydrogens is 212 g/mol. The number of aromatic nitrogens is 1. The third-order valence-corrected chi connectivity index (χ3v) is 2.74. The normalized spacial score (nSPS) is 10.6. The first-order valence-corrected chi connectivity index (χ1v) is 6.36. The maximum atomic E-state index is 12.2. The molecule has 0 radical (unpaired) electrons. The lowest BCUT2D eigenvalue weighted by Gasteiger charge is -2.20. The highest BCUT2D eigenvalue weighted by molar-refractivity contribution is 5.92. The Kier molecular flexibility index (Phi) is 5.13. The molecule has 0 spiro atoms. The summed E-state index contributed by atoms with van der Waals surface area (Å²) in [6.45, 7) is 9.78. The number of hydrogen-bond donors (Lipinski definition) is 0. The predicted octanol–water partition coefficient (Wildman–Crippen LogP) is 3.08. The highest BCUT2D eigenvalue weighted by atomic mass is 16.2. The van der Waals surface area contributed by atoms with Crippen molar-refractivity contribution in [3.63, 3.8) is 0 Å². The Balaban J connectivity index is 2.91. The average molecular weight is 234 g/mol. The van der Waals surface area contributed by atoms with Crippen molar-refractivity contribution < 1.29 is 4.79 Å².